The molecular weight excluding hydrogens is 258 g/mol. The van der Waals surface area contributed by atoms with E-state index in [0.717, 1.165) is 6.42 Å². The monoisotopic (exact) mass is 279 g/mol. The smallest absolute Gasteiger partial charge is 0.303 e. The molecule has 1 aromatic rings. The second kappa shape index (κ2) is 8.19. The second-order valence-electron chi connectivity index (χ2n) is 4.79. The number of aryl methyl sites for hydroxylation is 1. The van der Waals surface area contributed by atoms with Crippen molar-refractivity contribution in [3.8, 4) is 5.75 Å². The van der Waals surface area contributed by atoms with Gasteiger partial charge < -0.3 is 15.2 Å². The summed E-state index contributed by atoms with van der Waals surface area (Å²) in [5, 5.41) is 11.3. The zero-order chi connectivity index (χ0) is 15.0. The maximum absolute atomic E-state index is 11.5. The summed E-state index contributed by atoms with van der Waals surface area (Å²) >= 11 is 0. The summed E-state index contributed by atoms with van der Waals surface area (Å²) in [6, 6.07) is 7.59. The Morgan fingerprint density at radius 1 is 1.30 bits per heavy atom. The largest absolute Gasteiger partial charge is 0.484 e. The molecule has 0 saturated carbocycles. The van der Waals surface area contributed by atoms with Gasteiger partial charge in [-0.3, -0.25) is 9.59 Å². The molecule has 0 aliphatic rings. The maximum Gasteiger partial charge on any atom is 0.303 e. The van der Waals surface area contributed by atoms with Gasteiger partial charge in [-0.05, 0) is 30.0 Å². The number of hydrogen-bond donors (Lipinski definition) is 2. The number of carboxylic acids is 1. The number of amides is 1. The highest BCUT2D eigenvalue weighted by molar-refractivity contribution is 5.77. The van der Waals surface area contributed by atoms with Crippen molar-refractivity contribution >= 4 is 11.9 Å². The van der Waals surface area contributed by atoms with Crippen LogP contribution in [0.5, 0.6) is 5.75 Å². The van der Waals surface area contributed by atoms with Gasteiger partial charge in [-0.1, -0.05) is 26.0 Å². The third-order valence-electron chi connectivity index (χ3n) is 2.87. The highest BCUT2D eigenvalue weighted by Crippen LogP contribution is 2.12. The number of nitrogens with one attached hydrogen (secondary N) is 1. The van der Waals surface area contributed by atoms with Crippen LogP contribution in [0.25, 0.3) is 0 Å². The van der Waals surface area contributed by atoms with Crippen molar-refractivity contribution in [1.82, 2.24) is 5.32 Å². The van der Waals surface area contributed by atoms with Crippen LogP contribution in [0.15, 0.2) is 24.3 Å². The molecule has 110 valence electrons. The molecule has 1 aromatic carbocycles. The Morgan fingerprint density at radius 2 is 1.95 bits per heavy atom. The van der Waals surface area contributed by atoms with Gasteiger partial charge >= 0.3 is 5.97 Å². The van der Waals surface area contributed by atoms with Crippen LogP contribution in [0.1, 0.15) is 25.8 Å². The fourth-order valence-corrected chi connectivity index (χ4v) is 1.68. The lowest BCUT2D eigenvalue weighted by Gasteiger charge is -2.11. The fourth-order valence-electron chi connectivity index (χ4n) is 1.68. The van der Waals surface area contributed by atoms with Gasteiger partial charge in [0.25, 0.3) is 5.91 Å². The van der Waals surface area contributed by atoms with E-state index in [4.69, 9.17) is 9.84 Å². The number of hydrogen-bond acceptors (Lipinski definition) is 3. The van der Waals surface area contributed by atoms with Crippen LogP contribution in [0.4, 0.5) is 0 Å². The van der Waals surface area contributed by atoms with Gasteiger partial charge in [0, 0.05) is 13.0 Å². The van der Waals surface area contributed by atoms with E-state index in [2.05, 4.69) is 12.2 Å². The van der Waals surface area contributed by atoms with Gasteiger partial charge in [-0.25, -0.2) is 0 Å². The van der Waals surface area contributed by atoms with E-state index in [1.807, 2.05) is 24.3 Å². The van der Waals surface area contributed by atoms with Crippen molar-refractivity contribution in [2.24, 2.45) is 5.92 Å². The minimum absolute atomic E-state index is 0.0413. The first-order chi connectivity index (χ1) is 9.51. The minimum atomic E-state index is -0.862. The van der Waals surface area contributed by atoms with Gasteiger partial charge in [0.2, 0.25) is 0 Å². The van der Waals surface area contributed by atoms with Crippen LogP contribution in [0.3, 0.4) is 0 Å². The van der Waals surface area contributed by atoms with Crippen molar-refractivity contribution in [1.29, 1.82) is 0 Å². The van der Waals surface area contributed by atoms with Crippen LogP contribution in [0, 0.1) is 5.92 Å². The summed E-state index contributed by atoms with van der Waals surface area (Å²) < 4.78 is 5.35. The average molecular weight is 279 g/mol. The number of carbonyl (C=O) groups is 2. The van der Waals surface area contributed by atoms with E-state index in [9.17, 15) is 9.59 Å². The highest BCUT2D eigenvalue weighted by Gasteiger charge is 2.09. The van der Waals surface area contributed by atoms with Gasteiger partial charge in [-0.15, -0.1) is 0 Å². The number of carbonyl (C=O) groups excluding carboxylic acids is 1. The predicted molar refractivity (Wildman–Crippen MR) is 75.7 cm³/mol. The standard InChI is InChI=1S/C15H21NO4/c1-3-12-4-6-13(7-5-12)20-10-14(17)16-9-11(2)8-15(18)19/h4-7,11H,3,8-10H2,1-2H3,(H,16,17)(H,18,19). The molecule has 0 bridgehead atoms. The summed E-state index contributed by atoms with van der Waals surface area (Å²) in [7, 11) is 0. The van der Waals surface area contributed by atoms with Crippen molar-refractivity contribution in [3.05, 3.63) is 29.8 Å². The first kappa shape index (κ1) is 16.0. The van der Waals surface area contributed by atoms with Crippen molar-refractivity contribution in [2.75, 3.05) is 13.2 Å². The molecule has 1 amide bonds. The Bertz CT molecular complexity index is 442. The van der Waals surface area contributed by atoms with Gasteiger partial charge in [0.05, 0.1) is 0 Å². The molecule has 2 N–H and O–H groups in total. The zero-order valence-electron chi connectivity index (χ0n) is 11.9. The summed E-state index contributed by atoms with van der Waals surface area (Å²) in [5.74, 6) is -0.558. The normalized spacial score (nSPS) is 11.7. The Labute approximate surface area is 118 Å². The fraction of sp³-hybridized carbons (Fsp3) is 0.467. The first-order valence-electron chi connectivity index (χ1n) is 6.71. The summed E-state index contributed by atoms with van der Waals surface area (Å²) in [5.41, 5.74) is 1.21. The number of carboxylic acid groups (broad SMARTS) is 1. The third-order valence-corrected chi connectivity index (χ3v) is 2.87. The number of benzene rings is 1. The van der Waals surface area contributed by atoms with Gasteiger partial charge in [-0.2, -0.15) is 0 Å². The van der Waals surface area contributed by atoms with E-state index < -0.39 is 5.97 Å². The minimum Gasteiger partial charge on any atom is -0.484 e. The van der Waals surface area contributed by atoms with Crippen molar-refractivity contribution < 1.29 is 19.4 Å². The Hall–Kier alpha value is -2.04. The van der Waals surface area contributed by atoms with Crippen LogP contribution in [-0.2, 0) is 16.0 Å². The molecular formula is C15H21NO4. The lowest BCUT2D eigenvalue weighted by Crippen LogP contribution is -2.33. The maximum atomic E-state index is 11.5. The molecule has 5 heteroatoms. The second-order valence-corrected chi connectivity index (χ2v) is 4.79. The quantitative estimate of drug-likeness (QED) is 0.761. The Morgan fingerprint density at radius 3 is 2.50 bits per heavy atom. The molecule has 1 atom stereocenters. The number of ether oxygens (including phenoxy) is 1. The highest BCUT2D eigenvalue weighted by atomic mass is 16.5. The Balaban J connectivity index is 2.26. The van der Waals surface area contributed by atoms with E-state index >= 15 is 0 Å². The SMILES string of the molecule is CCc1ccc(OCC(=O)NCC(C)CC(=O)O)cc1. The summed E-state index contributed by atoms with van der Waals surface area (Å²) in [6.45, 7) is 4.12. The molecule has 0 aliphatic heterocycles. The van der Waals surface area contributed by atoms with Crippen LogP contribution >= 0.6 is 0 Å². The molecule has 1 rings (SSSR count). The van der Waals surface area contributed by atoms with Crippen LogP contribution < -0.4 is 10.1 Å². The lowest BCUT2D eigenvalue weighted by molar-refractivity contribution is -0.138. The molecule has 0 aliphatic carbocycles. The van der Waals surface area contributed by atoms with E-state index in [-0.39, 0.29) is 24.9 Å². The molecule has 1 unspecified atom stereocenters. The third kappa shape index (κ3) is 6.22. The molecule has 0 radical (unpaired) electrons. The van der Waals surface area contributed by atoms with Crippen LogP contribution in [-0.4, -0.2) is 30.1 Å². The lowest BCUT2D eigenvalue weighted by atomic mass is 10.1. The van der Waals surface area contributed by atoms with Gasteiger partial charge in [0.15, 0.2) is 6.61 Å². The molecule has 20 heavy (non-hydrogen) atoms. The predicted octanol–water partition coefficient (Wildman–Crippen LogP) is 1.85. The van der Waals surface area contributed by atoms with Crippen molar-refractivity contribution in [2.45, 2.75) is 26.7 Å². The average Bonchev–Trinajstić information content (AvgIpc) is 2.42. The molecule has 5 nitrogen and oxygen atoms in total. The molecule has 0 heterocycles. The number of aliphatic carboxylic acids is 1. The van der Waals surface area contributed by atoms with Crippen LogP contribution in [0.2, 0.25) is 0 Å². The van der Waals surface area contributed by atoms with Crippen molar-refractivity contribution in [3.63, 3.8) is 0 Å². The topological polar surface area (TPSA) is 75.6 Å². The molecule has 0 fully saturated rings. The zero-order valence-corrected chi connectivity index (χ0v) is 11.9. The summed E-state index contributed by atoms with van der Waals surface area (Å²) in [4.78, 5) is 22.0. The molecule has 0 saturated heterocycles. The summed E-state index contributed by atoms with van der Waals surface area (Å²) in [6.07, 6.45) is 1.00. The molecule has 0 spiro atoms. The molecule has 0 aromatic heterocycles. The Kier molecular flexibility index (Phi) is 6.56. The van der Waals surface area contributed by atoms with Gasteiger partial charge in [0.1, 0.15) is 5.75 Å². The first-order valence-corrected chi connectivity index (χ1v) is 6.71. The number of rotatable bonds is 8. The van der Waals surface area contributed by atoms with E-state index in [0.29, 0.717) is 12.3 Å². The van der Waals surface area contributed by atoms with E-state index in [1.54, 1.807) is 6.92 Å². The van der Waals surface area contributed by atoms with E-state index in [1.165, 1.54) is 5.56 Å².